The SMILES string of the molecule is Cc1ccc2nc(C3CCN(C(=O)NCCOc4ccccc4)CC3)[nH]c2c1. The highest BCUT2D eigenvalue weighted by Gasteiger charge is 2.25. The van der Waals surface area contributed by atoms with Crippen LogP contribution in [0.1, 0.15) is 30.1 Å². The lowest BCUT2D eigenvalue weighted by Gasteiger charge is -2.31. The summed E-state index contributed by atoms with van der Waals surface area (Å²) in [6, 6.07) is 15.9. The van der Waals surface area contributed by atoms with E-state index in [9.17, 15) is 4.79 Å². The van der Waals surface area contributed by atoms with Gasteiger partial charge in [0.05, 0.1) is 17.6 Å². The van der Waals surface area contributed by atoms with Crippen LogP contribution >= 0.6 is 0 Å². The summed E-state index contributed by atoms with van der Waals surface area (Å²) < 4.78 is 5.61. The number of hydrogen-bond donors (Lipinski definition) is 2. The number of aromatic amines is 1. The van der Waals surface area contributed by atoms with Crippen molar-refractivity contribution >= 4 is 17.1 Å². The van der Waals surface area contributed by atoms with Crippen molar-refractivity contribution in [3.63, 3.8) is 0 Å². The van der Waals surface area contributed by atoms with Gasteiger partial charge in [0.15, 0.2) is 0 Å². The molecule has 2 aromatic carbocycles. The molecule has 28 heavy (non-hydrogen) atoms. The van der Waals surface area contributed by atoms with Gasteiger partial charge in [-0.05, 0) is 49.6 Å². The number of aryl methyl sites for hydroxylation is 1. The number of carbonyl (C=O) groups excluding carboxylic acids is 1. The Morgan fingerprint density at radius 3 is 2.79 bits per heavy atom. The highest BCUT2D eigenvalue weighted by molar-refractivity contribution is 5.76. The molecule has 1 fully saturated rings. The summed E-state index contributed by atoms with van der Waals surface area (Å²) in [6.07, 6.45) is 1.85. The molecular weight excluding hydrogens is 352 g/mol. The minimum absolute atomic E-state index is 0.0182. The van der Waals surface area contributed by atoms with E-state index in [1.807, 2.05) is 35.2 Å². The molecule has 146 valence electrons. The highest BCUT2D eigenvalue weighted by Crippen LogP contribution is 2.28. The minimum Gasteiger partial charge on any atom is -0.492 e. The van der Waals surface area contributed by atoms with Gasteiger partial charge in [0.2, 0.25) is 0 Å². The standard InChI is InChI=1S/C22H26N4O2/c1-16-7-8-19-20(15-16)25-21(24-19)17-9-12-26(13-10-17)22(27)23-11-14-28-18-5-3-2-4-6-18/h2-8,15,17H,9-14H2,1H3,(H,23,27)(H,24,25). The number of hydrogen-bond acceptors (Lipinski definition) is 3. The van der Waals surface area contributed by atoms with Gasteiger partial charge in [0, 0.05) is 19.0 Å². The summed E-state index contributed by atoms with van der Waals surface area (Å²) in [5.41, 5.74) is 3.33. The molecule has 1 saturated heterocycles. The maximum absolute atomic E-state index is 12.4. The normalized spacial score (nSPS) is 15.0. The average molecular weight is 378 g/mol. The molecule has 6 nitrogen and oxygen atoms in total. The Kier molecular flexibility index (Phi) is 5.46. The second-order valence-electron chi connectivity index (χ2n) is 7.30. The van der Waals surface area contributed by atoms with E-state index < -0.39 is 0 Å². The zero-order chi connectivity index (χ0) is 19.3. The maximum Gasteiger partial charge on any atom is 0.317 e. The number of carbonyl (C=O) groups is 1. The molecule has 1 aliphatic rings. The molecule has 0 saturated carbocycles. The number of para-hydroxylation sites is 1. The monoisotopic (exact) mass is 378 g/mol. The van der Waals surface area contributed by atoms with Gasteiger partial charge in [0.25, 0.3) is 0 Å². The number of H-pyrrole nitrogens is 1. The number of benzene rings is 2. The van der Waals surface area contributed by atoms with Gasteiger partial charge in [-0.25, -0.2) is 9.78 Å². The van der Waals surface area contributed by atoms with Crippen molar-refractivity contribution in [3.05, 3.63) is 59.9 Å². The molecule has 1 aromatic heterocycles. The van der Waals surface area contributed by atoms with Crippen molar-refractivity contribution < 1.29 is 9.53 Å². The lowest BCUT2D eigenvalue weighted by Crippen LogP contribution is -2.45. The number of nitrogens with one attached hydrogen (secondary N) is 2. The molecule has 6 heteroatoms. The Balaban J connectivity index is 1.23. The van der Waals surface area contributed by atoms with Crippen LogP contribution < -0.4 is 10.1 Å². The molecule has 0 unspecified atom stereocenters. The molecule has 0 radical (unpaired) electrons. The number of fused-ring (bicyclic) bond motifs is 1. The van der Waals surface area contributed by atoms with E-state index in [1.54, 1.807) is 0 Å². The van der Waals surface area contributed by atoms with E-state index in [4.69, 9.17) is 9.72 Å². The number of nitrogens with zero attached hydrogens (tertiary/aromatic N) is 2. The number of rotatable bonds is 5. The van der Waals surface area contributed by atoms with Crippen molar-refractivity contribution in [1.29, 1.82) is 0 Å². The van der Waals surface area contributed by atoms with E-state index in [0.29, 0.717) is 19.1 Å². The first-order valence-corrected chi connectivity index (χ1v) is 9.86. The van der Waals surface area contributed by atoms with Crippen LogP contribution in [0.4, 0.5) is 4.79 Å². The number of ether oxygens (including phenoxy) is 1. The minimum atomic E-state index is -0.0182. The zero-order valence-corrected chi connectivity index (χ0v) is 16.1. The smallest absolute Gasteiger partial charge is 0.317 e. The van der Waals surface area contributed by atoms with E-state index in [2.05, 4.69) is 35.4 Å². The van der Waals surface area contributed by atoms with Crippen LogP contribution in [0, 0.1) is 6.92 Å². The van der Waals surface area contributed by atoms with Gasteiger partial charge in [-0.1, -0.05) is 24.3 Å². The second-order valence-corrected chi connectivity index (χ2v) is 7.30. The lowest BCUT2D eigenvalue weighted by atomic mass is 9.96. The number of piperidine rings is 1. The molecular formula is C22H26N4O2. The van der Waals surface area contributed by atoms with Crippen LogP contribution in [-0.4, -0.2) is 47.1 Å². The summed E-state index contributed by atoms with van der Waals surface area (Å²) in [4.78, 5) is 22.5. The van der Waals surface area contributed by atoms with E-state index in [-0.39, 0.29) is 6.03 Å². The number of aromatic nitrogens is 2. The van der Waals surface area contributed by atoms with Crippen LogP contribution in [0.25, 0.3) is 11.0 Å². The first-order valence-electron chi connectivity index (χ1n) is 9.86. The summed E-state index contributed by atoms with van der Waals surface area (Å²) in [6.45, 7) is 4.53. The molecule has 0 spiro atoms. The number of imidazole rings is 1. The second kappa shape index (κ2) is 8.33. The summed E-state index contributed by atoms with van der Waals surface area (Å²) >= 11 is 0. The fraction of sp³-hybridized carbons (Fsp3) is 0.364. The van der Waals surface area contributed by atoms with Crippen LogP contribution in [-0.2, 0) is 0 Å². The summed E-state index contributed by atoms with van der Waals surface area (Å²) in [7, 11) is 0. The third-order valence-corrected chi connectivity index (χ3v) is 5.21. The van der Waals surface area contributed by atoms with Crippen LogP contribution in [0.2, 0.25) is 0 Å². The van der Waals surface area contributed by atoms with Crippen molar-refractivity contribution in [3.8, 4) is 5.75 Å². The lowest BCUT2D eigenvalue weighted by molar-refractivity contribution is 0.178. The Hall–Kier alpha value is -3.02. The molecule has 2 heterocycles. The third kappa shape index (κ3) is 4.27. The first kappa shape index (κ1) is 18.3. The van der Waals surface area contributed by atoms with Crippen LogP contribution in [0.5, 0.6) is 5.75 Å². The van der Waals surface area contributed by atoms with Gasteiger partial charge < -0.3 is 19.9 Å². The molecule has 0 aliphatic carbocycles. The Morgan fingerprint density at radius 2 is 2.00 bits per heavy atom. The van der Waals surface area contributed by atoms with Crippen molar-refractivity contribution in [2.75, 3.05) is 26.2 Å². The fourth-order valence-corrected chi connectivity index (χ4v) is 3.65. The van der Waals surface area contributed by atoms with E-state index in [1.165, 1.54) is 5.56 Å². The number of amides is 2. The Bertz CT molecular complexity index is 930. The third-order valence-electron chi connectivity index (χ3n) is 5.21. The number of urea groups is 1. The van der Waals surface area contributed by atoms with Gasteiger partial charge in [0.1, 0.15) is 18.2 Å². The van der Waals surface area contributed by atoms with Crippen molar-refractivity contribution in [2.45, 2.75) is 25.7 Å². The van der Waals surface area contributed by atoms with Crippen molar-refractivity contribution in [2.24, 2.45) is 0 Å². The van der Waals surface area contributed by atoms with Gasteiger partial charge >= 0.3 is 6.03 Å². The molecule has 3 aromatic rings. The predicted molar refractivity (Wildman–Crippen MR) is 110 cm³/mol. The Morgan fingerprint density at radius 1 is 1.21 bits per heavy atom. The topological polar surface area (TPSA) is 70.2 Å². The molecule has 0 bridgehead atoms. The first-order chi connectivity index (χ1) is 13.7. The largest absolute Gasteiger partial charge is 0.492 e. The maximum atomic E-state index is 12.4. The van der Waals surface area contributed by atoms with E-state index in [0.717, 1.165) is 48.5 Å². The predicted octanol–water partition coefficient (Wildman–Crippen LogP) is 3.84. The average Bonchev–Trinajstić information content (AvgIpc) is 3.15. The zero-order valence-electron chi connectivity index (χ0n) is 16.1. The molecule has 1 aliphatic heterocycles. The Labute approximate surface area is 164 Å². The van der Waals surface area contributed by atoms with E-state index >= 15 is 0 Å². The highest BCUT2D eigenvalue weighted by atomic mass is 16.5. The van der Waals surface area contributed by atoms with Gasteiger partial charge in [-0.3, -0.25) is 0 Å². The quantitative estimate of drug-likeness (QED) is 0.663. The summed E-state index contributed by atoms with van der Waals surface area (Å²) in [5.74, 6) is 2.23. The molecule has 4 rings (SSSR count). The molecule has 2 N–H and O–H groups in total. The van der Waals surface area contributed by atoms with Gasteiger partial charge in [-0.15, -0.1) is 0 Å². The molecule has 0 atom stereocenters. The summed E-state index contributed by atoms with van der Waals surface area (Å²) in [5, 5.41) is 2.94. The number of likely N-dealkylation sites (tertiary alicyclic amines) is 1. The fourth-order valence-electron chi connectivity index (χ4n) is 3.65. The van der Waals surface area contributed by atoms with Crippen LogP contribution in [0.15, 0.2) is 48.5 Å². The van der Waals surface area contributed by atoms with Crippen molar-refractivity contribution in [1.82, 2.24) is 20.2 Å². The van der Waals surface area contributed by atoms with Gasteiger partial charge in [-0.2, -0.15) is 0 Å². The van der Waals surface area contributed by atoms with Crippen LogP contribution in [0.3, 0.4) is 0 Å². The molecule has 2 amide bonds.